The molecule has 1 unspecified atom stereocenters. The molecule has 2 aromatic carbocycles. The lowest BCUT2D eigenvalue weighted by molar-refractivity contribution is -0.136. The van der Waals surface area contributed by atoms with Gasteiger partial charge in [-0.3, -0.25) is 9.59 Å². The zero-order chi connectivity index (χ0) is 17.5. The molecule has 2 aromatic rings. The first kappa shape index (κ1) is 17.4. The van der Waals surface area contributed by atoms with E-state index in [2.05, 4.69) is 15.8 Å². The van der Waals surface area contributed by atoms with Gasteiger partial charge in [-0.25, -0.2) is 5.43 Å². The summed E-state index contributed by atoms with van der Waals surface area (Å²) in [5.41, 5.74) is 5.94. The molecule has 1 atom stereocenters. The van der Waals surface area contributed by atoms with Gasteiger partial charge < -0.3 is 5.32 Å². The van der Waals surface area contributed by atoms with Crippen LogP contribution in [0.2, 0.25) is 0 Å². The van der Waals surface area contributed by atoms with Crippen LogP contribution < -0.4 is 10.7 Å². The third-order valence-corrected chi connectivity index (χ3v) is 3.63. The molecule has 5 nitrogen and oxygen atoms in total. The molecule has 2 N–H and O–H groups in total. The SMILES string of the molecule is Cc1ccc(NC(=O)C(=O)NN=CC(C)c2ccccc2)c(C)c1. The topological polar surface area (TPSA) is 70.6 Å². The number of nitrogens with one attached hydrogen (secondary N) is 2. The number of hydrogen-bond donors (Lipinski definition) is 2. The summed E-state index contributed by atoms with van der Waals surface area (Å²) in [6.45, 7) is 5.80. The van der Waals surface area contributed by atoms with Crippen molar-refractivity contribution in [1.82, 2.24) is 5.43 Å². The standard InChI is InChI=1S/C19H21N3O2/c1-13-9-10-17(14(2)11-13)21-18(23)19(24)22-20-12-15(3)16-7-5-4-6-8-16/h4-12,15H,1-3H3,(H,21,23)(H,22,24). The molecule has 5 heteroatoms. The third-order valence-electron chi connectivity index (χ3n) is 3.63. The Balaban J connectivity index is 1.90. The number of hydrazone groups is 1. The highest BCUT2D eigenvalue weighted by atomic mass is 16.2. The molecule has 2 rings (SSSR count). The molecule has 0 aliphatic rings. The first-order chi connectivity index (χ1) is 11.5. The highest BCUT2D eigenvalue weighted by Gasteiger charge is 2.14. The highest BCUT2D eigenvalue weighted by molar-refractivity contribution is 6.39. The monoisotopic (exact) mass is 323 g/mol. The van der Waals surface area contributed by atoms with Crippen LogP contribution in [0.15, 0.2) is 53.6 Å². The van der Waals surface area contributed by atoms with Crippen LogP contribution in [-0.2, 0) is 9.59 Å². The van der Waals surface area contributed by atoms with Crippen molar-refractivity contribution in [2.45, 2.75) is 26.7 Å². The first-order valence-electron chi connectivity index (χ1n) is 7.74. The molecular weight excluding hydrogens is 302 g/mol. The summed E-state index contributed by atoms with van der Waals surface area (Å²) in [7, 11) is 0. The van der Waals surface area contributed by atoms with Gasteiger partial charge in [0.2, 0.25) is 0 Å². The number of aryl methyl sites for hydroxylation is 2. The summed E-state index contributed by atoms with van der Waals surface area (Å²) in [5, 5.41) is 6.44. The maximum Gasteiger partial charge on any atom is 0.329 e. The van der Waals surface area contributed by atoms with Gasteiger partial charge >= 0.3 is 11.8 Å². The second-order valence-electron chi connectivity index (χ2n) is 5.69. The van der Waals surface area contributed by atoms with Gasteiger partial charge in [0, 0.05) is 17.8 Å². The molecule has 2 amide bonds. The predicted molar refractivity (Wildman–Crippen MR) is 96.0 cm³/mol. The number of carbonyl (C=O) groups is 2. The summed E-state index contributed by atoms with van der Waals surface area (Å²) in [6.07, 6.45) is 1.59. The summed E-state index contributed by atoms with van der Waals surface area (Å²) in [5.74, 6) is -1.51. The smallest absolute Gasteiger partial charge is 0.317 e. The number of anilines is 1. The zero-order valence-corrected chi connectivity index (χ0v) is 14.0. The fraction of sp³-hybridized carbons (Fsp3) is 0.211. The van der Waals surface area contributed by atoms with Gasteiger partial charge in [-0.05, 0) is 31.0 Å². The Morgan fingerprint density at radius 2 is 1.75 bits per heavy atom. The van der Waals surface area contributed by atoms with E-state index >= 15 is 0 Å². The van der Waals surface area contributed by atoms with Crippen LogP contribution in [0.3, 0.4) is 0 Å². The lowest BCUT2D eigenvalue weighted by atomic mass is 10.0. The average molecular weight is 323 g/mol. The van der Waals surface area contributed by atoms with E-state index in [1.807, 2.05) is 63.2 Å². The van der Waals surface area contributed by atoms with E-state index in [0.717, 1.165) is 16.7 Å². The molecule has 0 fully saturated rings. The van der Waals surface area contributed by atoms with Crippen molar-refractivity contribution in [2.75, 3.05) is 5.32 Å². The van der Waals surface area contributed by atoms with E-state index in [1.54, 1.807) is 12.3 Å². The van der Waals surface area contributed by atoms with E-state index in [4.69, 9.17) is 0 Å². The van der Waals surface area contributed by atoms with Crippen LogP contribution in [0.1, 0.15) is 29.5 Å². The van der Waals surface area contributed by atoms with Gasteiger partial charge in [0.25, 0.3) is 0 Å². The number of nitrogens with zero attached hydrogens (tertiary/aromatic N) is 1. The highest BCUT2D eigenvalue weighted by Crippen LogP contribution is 2.15. The minimum absolute atomic E-state index is 0.0360. The van der Waals surface area contributed by atoms with E-state index in [0.29, 0.717) is 5.69 Å². The van der Waals surface area contributed by atoms with Gasteiger partial charge in [0.15, 0.2) is 0 Å². The van der Waals surface area contributed by atoms with Gasteiger partial charge in [-0.1, -0.05) is 55.0 Å². The van der Waals surface area contributed by atoms with E-state index in [1.165, 1.54) is 0 Å². The van der Waals surface area contributed by atoms with Crippen LogP contribution in [0.25, 0.3) is 0 Å². The first-order valence-corrected chi connectivity index (χ1v) is 7.74. The van der Waals surface area contributed by atoms with Gasteiger partial charge in [0.1, 0.15) is 0 Å². The molecule has 124 valence electrons. The van der Waals surface area contributed by atoms with Crippen molar-refractivity contribution in [1.29, 1.82) is 0 Å². The molecule has 0 bridgehead atoms. The van der Waals surface area contributed by atoms with Crippen LogP contribution in [-0.4, -0.2) is 18.0 Å². The Hall–Kier alpha value is -2.95. The van der Waals surface area contributed by atoms with Crippen molar-refractivity contribution in [3.8, 4) is 0 Å². The van der Waals surface area contributed by atoms with Crippen molar-refractivity contribution < 1.29 is 9.59 Å². The fourth-order valence-corrected chi connectivity index (χ4v) is 2.23. The molecule has 0 spiro atoms. The van der Waals surface area contributed by atoms with Crippen molar-refractivity contribution in [3.05, 3.63) is 65.2 Å². The lowest BCUT2D eigenvalue weighted by Crippen LogP contribution is -2.32. The molecule has 0 aromatic heterocycles. The molecule has 0 saturated heterocycles. The van der Waals surface area contributed by atoms with E-state index < -0.39 is 11.8 Å². The number of carbonyl (C=O) groups excluding carboxylic acids is 2. The Labute approximate surface area is 141 Å². The van der Waals surface area contributed by atoms with Crippen molar-refractivity contribution in [3.63, 3.8) is 0 Å². The summed E-state index contributed by atoms with van der Waals surface area (Å²) in [6, 6.07) is 15.4. The molecule has 0 heterocycles. The van der Waals surface area contributed by atoms with Crippen LogP contribution in [0.5, 0.6) is 0 Å². The molecule has 0 aliphatic carbocycles. The quantitative estimate of drug-likeness (QED) is 0.515. The van der Waals surface area contributed by atoms with Crippen LogP contribution >= 0.6 is 0 Å². The van der Waals surface area contributed by atoms with Gasteiger partial charge in [0.05, 0.1) is 0 Å². The summed E-state index contributed by atoms with van der Waals surface area (Å²) >= 11 is 0. The maximum absolute atomic E-state index is 11.9. The second kappa shape index (κ2) is 8.06. The minimum atomic E-state index is -0.800. The number of amides is 2. The van der Waals surface area contributed by atoms with Crippen LogP contribution in [0, 0.1) is 13.8 Å². The van der Waals surface area contributed by atoms with E-state index in [-0.39, 0.29) is 5.92 Å². The normalized spacial score (nSPS) is 12.0. The Bertz CT molecular complexity index is 754. The van der Waals surface area contributed by atoms with Crippen molar-refractivity contribution in [2.24, 2.45) is 5.10 Å². The molecule has 24 heavy (non-hydrogen) atoms. The minimum Gasteiger partial charge on any atom is -0.317 e. The van der Waals surface area contributed by atoms with E-state index in [9.17, 15) is 9.59 Å². The Morgan fingerprint density at radius 3 is 2.42 bits per heavy atom. The molecular formula is C19H21N3O2. The summed E-state index contributed by atoms with van der Waals surface area (Å²) in [4.78, 5) is 23.7. The average Bonchev–Trinajstić information content (AvgIpc) is 2.57. The molecule has 0 radical (unpaired) electrons. The van der Waals surface area contributed by atoms with Gasteiger partial charge in [-0.2, -0.15) is 5.10 Å². The lowest BCUT2D eigenvalue weighted by Gasteiger charge is -2.08. The second-order valence-corrected chi connectivity index (χ2v) is 5.69. The van der Waals surface area contributed by atoms with Crippen LogP contribution in [0.4, 0.5) is 5.69 Å². The largest absolute Gasteiger partial charge is 0.329 e. The number of rotatable bonds is 4. The van der Waals surface area contributed by atoms with Gasteiger partial charge in [-0.15, -0.1) is 0 Å². The fourth-order valence-electron chi connectivity index (χ4n) is 2.23. The maximum atomic E-state index is 11.9. The predicted octanol–water partition coefficient (Wildman–Crippen LogP) is 3.15. The number of hydrogen-bond acceptors (Lipinski definition) is 3. The molecule has 0 saturated carbocycles. The van der Waals surface area contributed by atoms with Crippen molar-refractivity contribution >= 4 is 23.7 Å². The third kappa shape index (κ3) is 4.78. The molecule has 0 aliphatic heterocycles. The number of benzene rings is 2. The summed E-state index contributed by atoms with van der Waals surface area (Å²) < 4.78 is 0. The Morgan fingerprint density at radius 1 is 1.04 bits per heavy atom. The zero-order valence-electron chi connectivity index (χ0n) is 14.0. The Kier molecular flexibility index (Phi) is 5.84.